The molecule has 200 valence electrons. The van der Waals surface area contributed by atoms with Crippen LogP contribution in [0.1, 0.15) is 87.0 Å². The molecule has 35 heavy (non-hydrogen) atoms. The first-order valence-corrected chi connectivity index (χ1v) is 13.7. The molecule has 2 N–H and O–H groups in total. The molecular weight excluding hydrogens is 442 g/mol. The number of ether oxygens (including phenoxy) is 1. The highest BCUT2D eigenvalue weighted by molar-refractivity contribution is 5.76. The van der Waals surface area contributed by atoms with Crippen LogP contribution in [0.25, 0.3) is 0 Å². The van der Waals surface area contributed by atoms with E-state index in [0.29, 0.717) is 31.3 Å². The van der Waals surface area contributed by atoms with E-state index in [9.17, 15) is 19.8 Å². The number of carbonyl (C=O) groups is 2. The number of rotatable bonds is 12. The predicted octanol–water partition coefficient (Wildman–Crippen LogP) is 4.89. The molecular formula is C29H49NO5. The van der Waals surface area contributed by atoms with Crippen LogP contribution in [0.3, 0.4) is 0 Å². The minimum Gasteiger partial charge on any atom is -0.461 e. The molecule has 0 aliphatic heterocycles. The zero-order chi connectivity index (χ0) is 26.3. The Morgan fingerprint density at radius 2 is 1.80 bits per heavy atom. The van der Waals surface area contributed by atoms with Gasteiger partial charge in [-0.25, -0.2) is 0 Å². The van der Waals surface area contributed by atoms with Gasteiger partial charge in [0.25, 0.3) is 0 Å². The van der Waals surface area contributed by atoms with Gasteiger partial charge in [0.15, 0.2) is 0 Å². The topological polar surface area (TPSA) is 87.1 Å². The number of hydrogen-bond acceptors (Lipinski definition) is 5. The average molecular weight is 492 g/mol. The summed E-state index contributed by atoms with van der Waals surface area (Å²) in [7, 11) is 0. The first kappa shape index (κ1) is 29.6. The van der Waals surface area contributed by atoms with Gasteiger partial charge >= 0.3 is 5.97 Å². The lowest BCUT2D eigenvalue weighted by Crippen LogP contribution is -2.43. The van der Waals surface area contributed by atoms with E-state index < -0.39 is 17.6 Å². The molecule has 2 rings (SSSR count). The first-order chi connectivity index (χ1) is 16.4. The van der Waals surface area contributed by atoms with Crippen molar-refractivity contribution < 1.29 is 24.5 Å². The Morgan fingerprint density at radius 3 is 2.40 bits per heavy atom. The van der Waals surface area contributed by atoms with E-state index in [1.807, 2.05) is 34.6 Å². The summed E-state index contributed by atoms with van der Waals surface area (Å²) in [4.78, 5) is 26.9. The van der Waals surface area contributed by atoms with Gasteiger partial charge in [0, 0.05) is 19.0 Å². The summed E-state index contributed by atoms with van der Waals surface area (Å²) < 4.78 is 6.17. The predicted molar refractivity (Wildman–Crippen MR) is 140 cm³/mol. The molecule has 2 aliphatic rings. The smallest absolute Gasteiger partial charge is 0.311 e. The molecule has 0 radical (unpaired) electrons. The maximum atomic E-state index is 12.9. The molecule has 0 fully saturated rings. The third-order valence-electron chi connectivity index (χ3n) is 8.19. The number of amides is 1. The molecule has 2 aliphatic carbocycles. The maximum absolute atomic E-state index is 12.9. The van der Waals surface area contributed by atoms with Crippen molar-refractivity contribution in [3.05, 3.63) is 23.8 Å². The van der Waals surface area contributed by atoms with E-state index in [2.05, 4.69) is 32.1 Å². The van der Waals surface area contributed by atoms with Gasteiger partial charge in [0.2, 0.25) is 5.91 Å². The van der Waals surface area contributed by atoms with Gasteiger partial charge in [-0.3, -0.25) is 9.59 Å². The van der Waals surface area contributed by atoms with Gasteiger partial charge in [0.1, 0.15) is 6.10 Å². The zero-order valence-electron chi connectivity index (χ0n) is 23.0. The Morgan fingerprint density at radius 1 is 1.14 bits per heavy atom. The molecule has 7 atom stereocenters. The monoisotopic (exact) mass is 491 g/mol. The Labute approximate surface area is 212 Å². The van der Waals surface area contributed by atoms with Crippen LogP contribution in [0.2, 0.25) is 0 Å². The van der Waals surface area contributed by atoms with Gasteiger partial charge < -0.3 is 19.8 Å². The SMILES string of the molecule is CCN(CC)C(=O)C[C@H](O)C[C@H](O)CC[C@@H]1[C@@H]2C(=C[C@H](C)C[C@@H]2OC(=O)C(C)(C)CC)C=C[C@@H]1C. The maximum Gasteiger partial charge on any atom is 0.311 e. The van der Waals surface area contributed by atoms with Crippen molar-refractivity contribution in [2.75, 3.05) is 13.1 Å². The number of carbonyl (C=O) groups excluding carboxylic acids is 2. The van der Waals surface area contributed by atoms with Crippen LogP contribution in [0.4, 0.5) is 0 Å². The van der Waals surface area contributed by atoms with Gasteiger partial charge in [-0.05, 0) is 83.1 Å². The molecule has 0 heterocycles. The Bertz CT molecular complexity index is 769. The number of esters is 1. The van der Waals surface area contributed by atoms with Crippen molar-refractivity contribution in [3.8, 4) is 0 Å². The fourth-order valence-electron chi connectivity index (χ4n) is 5.47. The number of aliphatic hydroxyl groups is 2. The lowest BCUT2D eigenvalue weighted by molar-refractivity contribution is -0.164. The van der Waals surface area contributed by atoms with Gasteiger partial charge in [0.05, 0.1) is 24.0 Å². The number of hydrogen-bond donors (Lipinski definition) is 2. The average Bonchev–Trinajstić information content (AvgIpc) is 2.79. The van der Waals surface area contributed by atoms with Gasteiger partial charge in [-0.2, -0.15) is 0 Å². The summed E-state index contributed by atoms with van der Waals surface area (Å²) in [6.45, 7) is 15.3. The lowest BCUT2D eigenvalue weighted by Gasteiger charge is -2.44. The van der Waals surface area contributed by atoms with Crippen LogP contribution >= 0.6 is 0 Å². The van der Waals surface area contributed by atoms with E-state index in [-0.39, 0.29) is 42.7 Å². The molecule has 0 aromatic carbocycles. The standard InChI is InChI=1S/C29H49NO5/c1-8-29(6,7)28(34)35-25-16-19(4)15-21-12-11-20(5)24(27(21)25)14-13-22(31)17-23(32)18-26(33)30(9-2)10-3/h11-12,15,19-20,22-25,27,31-32H,8-10,13-14,16-18H2,1-7H3/t19-,20-,22+,23+,24-,25-,27-/m0/s1. The van der Waals surface area contributed by atoms with E-state index >= 15 is 0 Å². The van der Waals surface area contributed by atoms with E-state index in [1.165, 1.54) is 5.57 Å². The fraction of sp³-hybridized carbons (Fsp3) is 0.793. The van der Waals surface area contributed by atoms with Crippen LogP contribution in [0.15, 0.2) is 23.8 Å². The molecule has 0 bridgehead atoms. The van der Waals surface area contributed by atoms with Crippen LogP contribution < -0.4 is 0 Å². The van der Waals surface area contributed by atoms with Crippen LogP contribution in [-0.2, 0) is 14.3 Å². The minimum absolute atomic E-state index is 0.0416. The second-order valence-electron chi connectivity index (χ2n) is 11.4. The van der Waals surface area contributed by atoms with Crippen LogP contribution in [0, 0.1) is 29.1 Å². The summed E-state index contributed by atoms with van der Waals surface area (Å²) in [5, 5.41) is 21.1. The summed E-state index contributed by atoms with van der Waals surface area (Å²) in [5.41, 5.74) is 0.726. The second-order valence-corrected chi connectivity index (χ2v) is 11.4. The summed E-state index contributed by atoms with van der Waals surface area (Å²) >= 11 is 0. The van der Waals surface area contributed by atoms with Crippen molar-refractivity contribution in [2.45, 2.75) is 105 Å². The summed E-state index contributed by atoms with van der Waals surface area (Å²) in [6, 6.07) is 0. The van der Waals surface area contributed by atoms with Crippen LogP contribution in [-0.4, -0.2) is 58.4 Å². The normalized spacial score (nSPS) is 28.0. The van der Waals surface area contributed by atoms with Crippen molar-refractivity contribution >= 4 is 11.9 Å². The molecule has 0 aromatic heterocycles. The van der Waals surface area contributed by atoms with Crippen molar-refractivity contribution in [1.82, 2.24) is 4.90 Å². The molecule has 0 saturated carbocycles. The Hall–Kier alpha value is -1.66. The fourth-order valence-corrected chi connectivity index (χ4v) is 5.47. The van der Waals surface area contributed by atoms with Gasteiger partial charge in [-0.1, -0.05) is 39.0 Å². The largest absolute Gasteiger partial charge is 0.461 e. The Balaban J connectivity index is 2.05. The van der Waals surface area contributed by atoms with Crippen molar-refractivity contribution in [2.24, 2.45) is 29.1 Å². The molecule has 0 aromatic rings. The highest BCUT2D eigenvalue weighted by Crippen LogP contribution is 2.45. The molecule has 0 spiro atoms. The molecule has 0 saturated heterocycles. The third kappa shape index (κ3) is 7.91. The zero-order valence-corrected chi connectivity index (χ0v) is 23.0. The molecule has 6 nitrogen and oxygen atoms in total. The van der Waals surface area contributed by atoms with E-state index in [1.54, 1.807) is 4.90 Å². The van der Waals surface area contributed by atoms with E-state index in [0.717, 1.165) is 19.3 Å². The molecule has 6 heteroatoms. The first-order valence-electron chi connectivity index (χ1n) is 13.7. The number of nitrogens with zero attached hydrogens (tertiary/aromatic N) is 1. The highest BCUT2D eigenvalue weighted by atomic mass is 16.5. The quantitative estimate of drug-likeness (QED) is 0.380. The number of fused-ring (bicyclic) bond motifs is 1. The third-order valence-corrected chi connectivity index (χ3v) is 8.19. The number of aliphatic hydroxyl groups excluding tert-OH is 2. The second kappa shape index (κ2) is 13.0. The van der Waals surface area contributed by atoms with Crippen LogP contribution in [0.5, 0.6) is 0 Å². The van der Waals surface area contributed by atoms with Crippen molar-refractivity contribution in [1.29, 1.82) is 0 Å². The van der Waals surface area contributed by atoms with Gasteiger partial charge in [-0.15, -0.1) is 0 Å². The molecule has 0 unspecified atom stereocenters. The lowest BCUT2D eigenvalue weighted by atomic mass is 9.65. The molecule has 1 amide bonds. The number of allylic oxidation sites excluding steroid dienone is 3. The minimum atomic E-state index is -0.849. The van der Waals surface area contributed by atoms with E-state index in [4.69, 9.17) is 4.74 Å². The summed E-state index contributed by atoms with van der Waals surface area (Å²) in [6.07, 6.45) is 8.10. The van der Waals surface area contributed by atoms with Crippen molar-refractivity contribution in [3.63, 3.8) is 0 Å². The summed E-state index contributed by atoms with van der Waals surface area (Å²) in [5.74, 6) is 0.778. The Kier molecular flexibility index (Phi) is 11.0. The highest BCUT2D eigenvalue weighted by Gasteiger charge is 2.42.